The average molecular weight is 226 g/mol. The van der Waals surface area contributed by atoms with Crippen molar-refractivity contribution < 1.29 is 0 Å². The summed E-state index contributed by atoms with van der Waals surface area (Å²) in [5.74, 6) is 0. The molecule has 0 N–H and O–H groups in total. The monoisotopic (exact) mass is 226 g/mol. The maximum atomic E-state index is 4.45. The van der Waals surface area contributed by atoms with E-state index in [0.29, 0.717) is 0 Å². The van der Waals surface area contributed by atoms with Crippen molar-refractivity contribution in [2.75, 3.05) is 6.26 Å². The van der Waals surface area contributed by atoms with Crippen LogP contribution in [0.3, 0.4) is 0 Å². The van der Waals surface area contributed by atoms with Crippen molar-refractivity contribution in [3.63, 3.8) is 0 Å². The molecule has 3 heteroatoms. The summed E-state index contributed by atoms with van der Waals surface area (Å²) in [6, 6.07) is 6.46. The van der Waals surface area contributed by atoms with Gasteiger partial charge in [0.15, 0.2) is 0 Å². The molecule has 0 aliphatic heterocycles. The second kappa shape index (κ2) is 3.56. The third-order valence-corrected chi connectivity index (χ3v) is 4.37. The molecule has 0 fully saturated rings. The molecule has 1 aromatic heterocycles. The summed E-state index contributed by atoms with van der Waals surface area (Å²) in [7, 11) is 0. The zero-order valence-corrected chi connectivity index (χ0v) is 10.0. The van der Waals surface area contributed by atoms with Crippen molar-refractivity contribution in [2.24, 2.45) is 0 Å². The number of benzene rings is 1. The Morgan fingerprint density at radius 2 is 2.15 bits per heavy atom. The van der Waals surface area contributed by atoms with Crippen LogP contribution in [0.4, 0.5) is 0 Å². The summed E-state index contributed by atoms with van der Waals surface area (Å²) in [4.78, 5) is 3.79. The van der Waals surface area contributed by atoms with Gasteiger partial charge in [-0.15, -0.1) is 35.7 Å². The molecule has 1 heterocycles. The van der Waals surface area contributed by atoms with Gasteiger partial charge in [0.05, 0.1) is 0 Å². The molecule has 0 saturated heterocycles. The van der Waals surface area contributed by atoms with Gasteiger partial charge in [-0.3, -0.25) is 0 Å². The Morgan fingerprint density at radius 3 is 2.85 bits per heavy atom. The Labute approximate surface area is 91.8 Å². The van der Waals surface area contributed by atoms with Crippen LogP contribution >= 0.6 is 35.7 Å². The Balaban J connectivity index is 2.83. The van der Waals surface area contributed by atoms with E-state index in [1.165, 1.54) is 19.9 Å². The lowest BCUT2D eigenvalue weighted by molar-refractivity contribution is 1.48. The standard InChI is InChI=1S/C10H10S3/c1-6-5-7-9(12-2)4-3-8(11)10(7)13-6/h3-5,11H,1-2H3. The van der Waals surface area contributed by atoms with Crippen molar-refractivity contribution in [1.82, 2.24) is 0 Å². The summed E-state index contributed by atoms with van der Waals surface area (Å²) in [6.07, 6.45) is 2.11. The minimum atomic E-state index is 1.09. The number of hydrogen-bond donors (Lipinski definition) is 1. The SMILES string of the molecule is CSc1ccc(S)c2sc(C)cc12. The molecule has 0 nitrogen and oxygen atoms in total. The van der Waals surface area contributed by atoms with E-state index in [-0.39, 0.29) is 0 Å². The number of hydrogen-bond acceptors (Lipinski definition) is 3. The van der Waals surface area contributed by atoms with Gasteiger partial charge < -0.3 is 0 Å². The van der Waals surface area contributed by atoms with Gasteiger partial charge >= 0.3 is 0 Å². The molecule has 68 valence electrons. The molecule has 0 amide bonds. The first-order valence-corrected chi connectivity index (χ1v) is 6.47. The van der Waals surface area contributed by atoms with Crippen molar-refractivity contribution in [3.8, 4) is 0 Å². The van der Waals surface area contributed by atoms with E-state index in [1.807, 2.05) is 11.3 Å². The maximum Gasteiger partial charge on any atom is 0.0490 e. The molecular formula is C10H10S3. The van der Waals surface area contributed by atoms with E-state index >= 15 is 0 Å². The smallest absolute Gasteiger partial charge is 0.0490 e. The molecule has 2 aromatic rings. The highest BCUT2D eigenvalue weighted by Gasteiger charge is 2.05. The summed E-state index contributed by atoms with van der Waals surface area (Å²) in [5.41, 5.74) is 0. The van der Waals surface area contributed by atoms with Gasteiger partial charge in [-0.1, -0.05) is 0 Å². The summed E-state index contributed by atoms with van der Waals surface area (Å²) in [5, 5.41) is 1.35. The first kappa shape index (κ1) is 9.44. The van der Waals surface area contributed by atoms with Crippen LogP contribution in [0.5, 0.6) is 0 Å². The molecular weight excluding hydrogens is 216 g/mol. The first-order chi connectivity index (χ1) is 6.22. The Morgan fingerprint density at radius 1 is 1.38 bits per heavy atom. The molecule has 0 bridgehead atoms. The number of thiol groups is 1. The van der Waals surface area contributed by atoms with Gasteiger partial charge in [0.2, 0.25) is 0 Å². The van der Waals surface area contributed by atoms with Gasteiger partial charge in [0.1, 0.15) is 0 Å². The maximum absolute atomic E-state index is 4.45. The quantitative estimate of drug-likeness (QED) is 0.561. The summed E-state index contributed by atoms with van der Waals surface area (Å²) >= 11 is 8.06. The average Bonchev–Trinajstić information content (AvgIpc) is 2.48. The van der Waals surface area contributed by atoms with E-state index in [4.69, 9.17) is 0 Å². The van der Waals surface area contributed by atoms with E-state index in [2.05, 4.69) is 44.0 Å². The van der Waals surface area contributed by atoms with Crippen LogP contribution in [0.15, 0.2) is 28.0 Å². The minimum Gasteiger partial charge on any atom is -0.142 e. The molecule has 0 atom stereocenters. The van der Waals surface area contributed by atoms with Crippen LogP contribution in [-0.4, -0.2) is 6.26 Å². The summed E-state index contributed by atoms with van der Waals surface area (Å²) < 4.78 is 1.31. The Bertz CT molecular complexity index is 443. The minimum absolute atomic E-state index is 1.09. The van der Waals surface area contributed by atoms with Gasteiger partial charge in [0, 0.05) is 24.8 Å². The van der Waals surface area contributed by atoms with Crippen LogP contribution in [0, 0.1) is 6.92 Å². The Hall–Kier alpha value is -0.120. The second-order valence-electron chi connectivity index (χ2n) is 2.89. The molecule has 0 aliphatic rings. The number of thiophene rings is 1. The lowest BCUT2D eigenvalue weighted by Gasteiger charge is -1.99. The zero-order chi connectivity index (χ0) is 9.42. The first-order valence-electron chi connectivity index (χ1n) is 3.98. The van der Waals surface area contributed by atoms with Crippen molar-refractivity contribution in [1.29, 1.82) is 0 Å². The molecule has 0 unspecified atom stereocenters. The predicted octanol–water partition coefficient (Wildman–Crippen LogP) is 4.22. The fraction of sp³-hybridized carbons (Fsp3) is 0.200. The molecule has 0 aliphatic carbocycles. The highest BCUT2D eigenvalue weighted by Crippen LogP contribution is 2.36. The van der Waals surface area contributed by atoms with E-state index in [0.717, 1.165) is 4.90 Å². The van der Waals surface area contributed by atoms with Crippen LogP contribution in [-0.2, 0) is 0 Å². The van der Waals surface area contributed by atoms with E-state index in [1.54, 1.807) is 11.8 Å². The van der Waals surface area contributed by atoms with Crippen LogP contribution in [0.1, 0.15) is 4.88 Å². The predicted molar refractivity (Wildman–Crippen MR) is 65.6 cm³/mol. The largest absolute Gasteiger partial charge is 0.142 e. The van der Waals surface area contributed by atoms with Crippen molar-refractivity contribution >= 4 is 45.8 Å². The number of fused-ring (bicyclic) bond motifs is 1. The van der Waals surface area contributed by atoms with Crippen LogP contribution in [0.25, 0.3) is 10.1 Å². The van der Waals surface area contributed by atoms with Gasteiger partial charge in [-0.2, -0.15) is 0 Å². The third-order valence-electron chi connectivity index (χ3n) is 1.97. The normalized spacial score (nSPS) is 11.0. The third kappa shape index (κ3) is 1.60. The van der Waals surface area contributed by atoms with Crippen molar-refractivity contribution in [3.05, 3.63) is 23.1 Å². The zero-order valence-electron chi connectivity index (χ0n) is 7.50. The number of thioether (sulfide) groups is 1. The molecule has 1 aromatic carbocycles. The van der Waals surface area contributed by atoms with E-state index in [9.17, 15) is 0 Å². The highest BCUT2D eigenvalue weighted by atomic mass is 32.2. The molecule has 0 spiro atoms. The van der Waals surface area contributed by atoms with E-state index < -0.39 is 0 Å². The molecule has 0 saturated carbocycles. The number of rotatable bonds is 1. The van der Waals surface area contributed by atoms with Crippen LogP contribution in [0.2, 0.25) is 0 Å². The van der Waals surface area contributed by atoms with Crippen LogP contribution < -0.4 is 0 Å². The molecule has 0 radical (unpaired) electrons. The fourth-order valence-corrected chi connectivity index (χ4v) is 3.32. The molecule has 2 rings (SSSR count). The Kier molecular flexibility index (Phi) is 2.58. The van der Waals surface area contributed by atoms with Gasteiger partial charge in [-0.05, 0) is 31.4 Å². The van der Waals surface area contributed by atoms with Gasteiger partial charge in [0.25, 0.3) is 0 Å². The lowest BCUT2D eigenvalue weighted by Crippen LogP contribution is -1.72. The number of aryl methyl sites for hydroxylation is 1. The van der Waals surface area contributed by atoms with Gasteiger partial charge in [-0.25, -0.2) is 0 Å². The topological polar surface area (TPSA) is 0 Å². The second-order valence-corrected chi connectivity index (χ2v) is 5.47. The van der Waals surface area contributed by atoms with Crippen molar-refractivity contribution in [2.45, 2.75) is 16.7 Å². The lowest BCUT2D eigenvalue weighted by atomic mass is 10.2. The fourth-order valence-electron chi connectivity index (χ4n) is 1.39. The molecule has 13 heavy (non-hydrogen) atoms. The highest BCUT2D eigenvalue weighted by molar-refractivity contribution is 7.98. The summed E-state index contributed by atoms with van der Waals surface area (Å²) in [6.45, 7) is 2.14.